The molecule has 1 aromatic carbocycles. The normalized spacial score (nSPS) is 12.6. The van der Waals surface area contributed by atoms with Crippen LogP contribution < -0.4 is 4.74 Å². The van der Waals surface area contributed by atoms with Crippen molar-refractivity contribution in [3.63, 3.8) is 0 Å². The molecule has 0 aromatic heterocycles. The molecule has 1 rings (SSSR count). The molecule has 0 aliphatic heterocycles. The van der Waals surface area contributed by atoms with Gasteiger partial charge in [-0.2, -0.15) is 8.78 Å². The van der Waals surface area contributed by atoms with Crippen LogP contribution in [0.4, 0.5) is 22.0 Å². The standard InChI is InChI=1S/C13H15F5O2/c1-3-7(2)6-19-4-5-20-13-11(17)9(15)8(14)10(16)12(13)18/h7H,3-6H2,1-2H3. The number of hydrogen-bond acceptors (Lipinski definition) is 2. The van der Waals surface area contributed by atoms with Gasteiger partial charge in [0.1, 0.15) is 6.61 Å². The minimum atomic E-state index is -2.21. The number of halogens is 5. The molecule has 0 aliphatic carbocycles. The molecule has 0 bridgehead atoms. The zero-order chi connectivity index (χ0) is 15.3. The molecule has 7 heteroatoms. The van der Waals surface area contributed by atoms with Crippen molar-refractivity contribution in [1.29, 1.82) is 0 Å². The van der Waals surface area contributed by atoms with E-state index in [1.54, 1.807) is 0 Å². The molecule has 0 fully saturated rings. The Morgan fingerprint density at radius 2 is 1.35 bits per heavy atom. The number of ether oxygens (including phenoxy) is 2. The molecule has 2 nitrogen and oxygen atoms in total. The smallest absolute Gasteiger partial charge is 0.206 e. The van der Waals surface area contributed by atoms with Crippen LogP contribution in [0.3, 0.4) is 0 Å². The molecule has 1 unspecified atom stereocenters. The quantitative estimate of drug-likeness (QED) is 0.330. The summed E-state index contributed by atoms with van der Waals surface area (Å²) in [5.74, 6) is -11.2. The van der Waals surface area contributed by atoms with Crippen LogP contribution in [0.2, 0.25) is 0 Å². The van der Waals surface area contributed by atoms with Gasteiger partial charge >= 0.3 is 0 Å². The maximum absolute atomic E-state index is 13.2. The summed E-state index contributed by atoms with van der Waals surface area (Å²) in [6.07, 6.45) is 0.901. The predicted molar refractivity (Wildman–Crippen MR) is 62.0 cm³/mol. The largest absolute Gasteiger partial charge is 0.485 e. The molecular formula is C13H15F5O2. The Kier molecular flexibility index (Phi) is 6.19. The summed E-state index contributed by atoms with van der Waals surface area (Å²) < 4.78 is 74.6. The lowest BCUT2D eigenvalue weighted by molar-refractivity contribution is 0.0742. The van der Waals surface area contributed by atoms with E-state index in [4.69, 9.17) is 4.74 Å². The molecule has 0 N–H and O–H groups in total. The second kappa shape index (κ2) is 7.42. The van der Waals surface area contributed by atoms with Crippen LogP contribution in [0.5, 0.6) is 5.75 Å². The van der Waals surface area contributed by atoms with Crippen LogP contribution in [-0.2, 0) is 4.74 Å². The van der Waals surface area contributed by atoms with Gasteiger partial charge in [0.15, 0.2) is 5.75 Å². The highest BCUT2D eigenvalue weighted by atomic mass is 19.2. The molecule has 1 atom stereocenters. The van der Waals surface area contributed by atoms with E-state index in [1.807, 2.05) is 13.8 Å². The van der Waals surface area contributed by atoms with E-state index < -0.39 is 34.8 Å². The highest BCUT2D eigenvalue weighted by Crippen LogP contribution is 2.28. The molecular weight excluding hydrogens is 283 g/mol. The van der Waals surface area contributed by atoms with Crippen LogP contribution in [0.15, 0.2) is 0 Å². The average Bonchev–Trinajstić information content (AvgIpc) is 2.45. The third kappa shape index (κ3) is 3.82. The summed E-state index contributed by atoms with van der Waals surface area (Å²) in [6, 6.07) is 0. The van der Waals surface area contributed by atoms with Crippen LogP contribution >= 0.6 is 0 Å². The summed E-state index contributed by atoms with van der Waals surface area (Å²) in [5.41, 5.74) is 0. The maximum atomic E-state index is 13.2. The van der Waals surface area contributed by atoms with Gasteiger partial charge in [-0.05, 0) is 5.92 Å². The van der Waals surface area contributed by atoms with E-state index in [2.05, 4.69) is 4.74 Å². The molecule has 0 heterocycles. The molecule has 114 valence electrons. The highest BCUT2D eigenvalue weighted by molar-refractivity contribution is 5.29. The number of rotatable bonds is 7. The lowest BCUT2D eigenvalue weighted by Crippen LogP contribution is -2.14. The van der Waals surface area contributed by atoms with E-state index in [1.165, 1.54) is 0 Å². The van der Waals surface area contributed by atoms with Gasteiger partial charge in [-0.15, -0.1) is 0 Å². The van der Waals surface area contributed by atoms with Gasteiger partial charge in [-0.3, -0.25) is 0 Å². The minimum Gasteiger partial charge on any atom is -0.485 e. The Morgan fingerprint density at radius 1 is 0.850 bits per heavy atom. The minimum absolute atomic E-state index is 0.0101. The van der Waals surface area contributed by atoms with E-state index in [0.717, 1.165) is 6.42 Å². The van der Waals surface area contributed by atoms with Gasteiger partial charge in [0.25, 0.3) is 0 Å². The summed E-state index contributed by atoms with van der Waals surface area (Å²) in [5, 5.41) is 0. The van der Waals surface area contributed by atoms with E-state index in [0.29, 0.717) is 12.5 Å². The predicted octanol–water partition coefficient (Wildman–Crippen LogP) is 3.82. The zero-order valence-corrected chi connectivity index (χ0v) is 11.1. The van der Waals surface area contributed by atoms with Gasteiger partial charge in [0.05, 0.1) is 6.61 Å². The second-order valence-electron chi connectivity index (χ2n) is 4.34. The molecule has 0 radical (unpaired) electrons. The molecule has 0 saturated heterocycles. The lowest BCUT2D eigenvalue weighted by atomic mass is 10.1. The topological polar surface area (TPSA) is 18.5 Å². The maximum Gasteiger partial charge on any atom is 0.206 e. The SMILES string of the molecule is CCC(C)COCCOc1c(F)c(F)c(F)c(F)c1F. The highest BCUT2D eigenvalue weighted by Gasteiger charge is 2.26. The summed E-state index contributed by atoms with van der Waals surface area (Å²) in [7, 11) is 0. The Morgan fingerprint density at radius 3 is 1.85 bits per heavy atom. The number of benzene rings is 1. The lowest BCUT2D eigenvalue weighted by Gasteiger charge is -2.12. The van der Waals surface area contributed by atoms with Crippen LogP contribution in [-0.4, -0.2) is 19.8 Å². The Hall–Kier alpha value is -1.37. The molecule has 0 saturated carbocycles. The fourth-order valence-corrected chi connectivity index (χ4v) is 1.32. The Balaban J connectivity index is 2.61. The summed E-state index contributed by atoms with van der Waals surface area (Å²) in [4.78, 5) is 0. The Bertz CT molecular complexity index is 436. The molecule has 1 aromatic rings. The van der Waals surface area contributed by atoms with Crippen molar-refractivity contribution in [1.82, 2.24) is 0 Å². The molecule has 0 amide bonds. The van der Waals surface area contributed by atoms with Gasteiger partial charge in [0.2, 0.25) is 29.1 Å². The van der Waals surface area contributed by atoms with Crippen molar-refractivity contribution in [2.45, 2.75) is 20.3 Å². The third-order valence-electron chi connectivity index (χ3n) is 2.74. The first-order valence-corrected chi connectivity index (χ1v) is 6.12. The first-order valence-electron chi connectivity index (χ1n) is 6.12. The monoisotopic (exact) mass is 298 g/mol. The summed E-state index contributed by atoms with van der Waals surface area (Å²) in [6.45, 7) is 4.03. The average molecular weight is 298 g/mol. The van der Waals surface area contributed by atoms with Crippen molar-refractivity contribution < 1.29 is 31.4 Å². The van der Waals surface area contributed by atoms with Crippen molar-refractivity contribution >= 4 is 0 Å². The fourth-order valence-electron chi connectivity index (χ4n) is 1.32. The van der Waals surface area contributed by atoms with Gasteiger partial charge < -0.3 is 9.47 Å². The van der Waals surface area contributed by atoms with Crippen molar-refractivity contribution in [2.24, 2.45) is 5.92 Å². The first kappa shape index (κ1) is 16.7. The summed E-state index contributed by atoms with van der Waals surface area (Å²) >= 11 is 0. The van der Waals surface area contributed by atoms with Crippen LogP contribution in [0, 0.1) is 35.0 Å². The molecule has 0 aliphatic rings. The van der Waals surface area contributed by atoms with E-state index in [9.17, 15) is 22.0 Å². The molecule has 20 heavy (non-hydrogen) atoms. The van der Waals surface area contributed by atoms with Gasteiger partial charge in [-0.1, -0.05) is 20.3 Å². The van der Waals surface area contributed by atoms with Crippen molar-refractivity contribution in [3.8, 4) is 5.75 Å². The van der Waals surface area contributed by atoms with Gasteiger partial charge in [0, 0.05) is 6.61 Å². The van der Waals surface area contributed by atoms with Gasteiger partial charge in [-0.25, -0.2) is 13.2 Å². The van der Waals surface area contributed by atoms with Crippen molar-refractivity contribution in [3.05, 3.63) is 29.1 Å². The van der Waals surface area contributed by atoms with Crippen LogP contribution in [0.1, 0.15) is 20.3 Å². The van der Waals surface area contributed by atoms with E-state index in [-0.39, 0.29) is 13.2 Å². The second-order valence-corrected chi connectivity index (χ2v) is 4.34. The first-order chi connectivity index (χ1) is 9.40. The van der Waals surface area contributed by atoms with E-state index >= 15 is 0 Å². The van der Waals surface area contributed by atoms with Crippen molar-refractivity contribution in [2.75, 3.05) is 19.8 Å². The zero-order valence-electron chi connectivity index (χ0n) is 11.1. The van der Waals surface area contributed by atoms with Crippen LogP contribution in [0.25, 0.3) is 0 Å². The fraction of sp³-hybridized carbons (Fsp3) is 0.538. The molecule has 0 spiro atoms. The Labute approximate surface area is 113 Å². The number of hydrogen-bond donors (Lipinski definition) is 0. The third-order valence-corrected chi connectivity index (χ3v) is 2.74.